The molecule has 0 saturated carbocycles. The van der Waals surface area contributed by atoms with Gasteiger partial charge in [-0.15, -0.1) is 0 Å². The molecule has 0 saturated heterocycles. The van der Waals surface area contributed by atoms with Crippen LogP contribution in [-0.4, -0.2) is 20.4 Å². The lowest BCUT2D eigenvalue weighted by Crippen LogP contribution is -2.35. The molecule has 31 heavy (non-hydrogen) atoms. The first-order chi connectivity index (χ1) is 14.7. The lowest BCUT2D eigenvalue weighted by Gasteiger charge is -2.15. The smallest absolute Gasteiger partial charge is 0.339 e. The zero-order valence-electron chi connectivity index (χ0n) is 16.9. The first-order valence-corrected chi connectivity index (χ1v) is 11.4. The second kappa shape index (κ2) is 8.16. The molecule has 0 radical (unpaired) electrons. The first-order valence-electron chi connectivity index (χ1n) is 9.87. The van der Waals surface area contributed by atoms with Gasteiger partial charge in [-0.2, -0.15) is 0 Å². The molecule has 2 aromatic carbocycles. The highest BCUT2D eigenvalue weighted by molar-refractivity contribution is 7.89. The second-order valence-electron chi connectivity index (χ2n) is 7.52. The molecule has 1 aliphatic rings. The Hall–Kier alpha value is -3.17. The highest BCUT2D eigenvalue weighted by atomic mass is 32.2. The number of sulfonamides is 1. The molecular formula is C22H22N2O6S. The summed E-state index contributed by atoms with van der Waals surface area (Å²) in [5.41, 5.74) is 2.65. The van der Waals surface area contributed by atoms with Crippen molar-refractivity contribution in [2.24, 2.45) is 5.14 Å². The van der Waals surface area contributed by atoms with Crippen molar-refractivity contribution >= 4 is 26.9 Å². The summed E-state index contributed by atoms with van der Waals surface area (Å²) in [5, 5.41) is 8.72. The summed E-state index contributed by atoms with van der Waals surface area (Å²) in [6, 6.07) is 11.2. The summed E-state index contributed by atoms with van der Waals surface area (Å²) < 4.78 is 33.8. The van der Waals surface area contributed by atoms with E-state index >= 15 is 0 Å². The van der Waals surface area contributed by atoms with Crippen LogP contribution in [0.2, 0.25) is 0 Å². The Balaban J connectivity index is 1.41. The van der Waals surface area contributed by atoms with Crippen molar-refractivity contribution in [3.8, 4) is 5.75 Å². The van der Waals surface area contributed by atoms with Crippen LogP contribution in [0.15, 0.2) is 56.6 Å². The summed E-state index contributed by atoms with van der Waals surface area (Å²) in [5.74, 6) is 0.0831. The van der Waals surface area contributed by atoms with E-state index in [1.807, 2.05) is 6.07 Å². The summed E-state index contributed by atoms with van der Waals surface area (Å²) in [7, 11) is -3.76. The zero-order valence-corrected chi connectivity index (χ0v) is 17.7. The number of hydrogen-bond donors (Lipinski definition) is 2. The molecule has 1 heterocycles. The standard InChI is InChI=1S/C22H22N2O6S/c1-13(21(25)24-12-14-5-8-16(9-6-14)31(23,27)28)29-15-7-10-18-17-3-2-4-19(17)22(26)30-20(18)11-15/h5-11,13H,2-4,12H2,1H3,(H,24,25)(H2,23,27,28)/t13-/m0/s1. The van der Waals surface area contributed by atoms with Crippen molar-refractivity contribution in [3.05, 3.63) is 69.6 Å². The molecule has 1 aliphatic carbocycles. The number of benzene rings is 2. The molecule has 3 N–H and O–H groups in total. The molecule has 0 bridgehead atoms. The Labute approximate surface area is 179 Å². The van der Waals surface area contributed by atoms with E-state index in [1.54, 1.807) is 31.2 Å². The number of aryl methyl sites for hydroxylation is 1. The maximum Gasteiger partial charge on any atom is 0.339 e. The maximum absolute atomic E-state index is 12.4. The average Bonchev–Trinajstić information content (AvgIpc) is 3.22. The molecule has 1 aromatic heterocycles. The van der Waals surface area contributed by atoms with Crippen LogP contribution in [0.25, 0.3) is 11.0 Å². The lowest BCUT2D eigenvalue weighted by molar-refractivity contribution is -0.127. The van der Waals surface area contributed by atoms with E-state index in [0.717, 1.165) is 35.8 Å². The van der Waals surface area contributed by atoms with E-state index in [-0.39, 0.29) is 23.0 Å². The molecule has 0 spiro atoms. The van der Waals surface area contributed by atoms with Gasteiger partial charge in [0.05, 0.1) is 4.90 Å². The van der Waals surface area contributed by atoms with Crippen molar-refractivity contribution in [1.82, 2.24) is 5.32 Å². The number of carbonyl (C=O) groups excluding carboxylic acids is 1. The molecule has 0 fully saturated rings. The Morgan fingerprint density at radius 1 is 1.16 bits per heavy atom. The van der Waals surface area contributed by atoms with Crippen LogP contribution in [0.1, 0.15) is 30.0 Å². The molecule has 0 aliphatic heterocycles. The lowest BCUT2D eigenvalue weighted by atomic mass is 10.1. The summed E-state index contributed by atoms with van der Waals surface area (Å²) >= 11 is 0. The van der Waals surface area contributed by atoms with Gasteiger partial charge in [0, 0.05) is 23.6 Å². The van der Waals surface area contributed by atoms with Crippen LogP contribution in [0.4, 0.5) is 0 Å². The summed E-state index contributed by atoms with van der Waals surface area (Å²) in [6.07, 6.45) is 1.75. The molecule has 9 heteroatoms. The average molecular weight is 442 g/mol. The van der Waals surface area contributed by atoms with E-state index in [1.165, 1.54) is 12.1 Å². The summed E-state index contributed by atoms with van der Waals surface area (Å²) in [6.45, 7) is 1.82. The predicted octanol–water partition coefficient (Wildman–Crippen LogP) is 2.01. The van der Waals surface area contributed by atoms with Crippen molar-refractivity contribution < 1.29 is 22.4 Å². The number of ether oxygens (including phenoxy) is 1. The number of nitrogens with two attached hydrogens (primary N) is 1. The van der Waals surface area contributed by atoms with Crippen LogP contribution in [0.3, 0.4) is 0 Å². The van der Waals surface area contributed by atoms with Gasteiger partial charge in [-0.3, -0.25) is 4.79 Å². The minimum absolute atomic E-state index is 0.00729. The highest BCUT2D eigenvalue weighted by Gasteiger charge is 2.20. The molecule has 1 atom stereocenters. The van der Waals surface area contributed by atoms with Crippen molar-refractivity contribution in [2.45, 2.75) is 43.7 Å². The van der Waals surface area contributed by atoms with Crippen LogP contribution >= 0.6 is 0 Å². The fourth-order valence-corrected chi connectivity index (χ4v) is 4.24. The topological polar surface area (TPSA) is 129 Å². The zero-order chi connectivity index (χ0) is 22.2. The fraction of sp³-hybridized carbons (Fsp3) is 0.273. The first kappa shape index (κ1) is 21.1. The van der Waals surface area contributed by atoms with Gasteiger partial charge in [0.2, 0.25) is 10.0 Å². The van der Waals surface area contributed by atoms with E-state index in [2.05, 4.69) is 5.32 Å². The van der Waals surface area contributed by atoms with Gasteiger partial charge in [-0.25, -0.2) is 18.4 Å². The van der Waals surface area contributed by atoms with Gasteiger partial charge < -0.3 is 14.5 Å². The molecular weight excluding hydrogens is 420 g/mol. The predicted molar refractivity (Wildman–Crippen MR) is 114 cm³/mol. The summed E-state index contributed by atoms with van der Waals surface area (Å²) in [4.78, 5) is 24.6. The minimum Gasteiger partial charge on any atom is -0.481 e. The Bertz CT molecular complexity index is 1310. The second-order valence-corrected chi connectivity index (χ2v) is 9.09. The van der Waals surface area contributed by atoms with Gasteiger partial charge in [-0.05, 0) is 61.6 Å². The Morgan fingerprint density at radius 3 is 2.58 bits per heavy atom. The van der Waals surface area contributed by atoms with Crippen LogP contribution < -0.4 is 20.8 Å². The SMILES string of the molecule is C[C@H](Oc1ccc2c3c(c(=O)oc2c1)CCC3)C(=O)NCc1ccc(S(N)(=O)=O)cc1. The third-order valence-electron chi connectivity index (χ3n) is 5.35. The van der Waals surface area contributed by atoms with E-state index in [4.69, 9.17) is 14.3 Å². The van der Waals surface area contributed by atoms with Crippen molar-refractivity contribution in [3.63, 3.8) is 0 Å². The fourth-order valence-electron chi connectivity index (χ4n) is 3.72. The van der Waals surface area contributed by atoms with Gasteiger partial charge in [0.1, 0.15) is 11.3 Å². The third-order valence-corrected chi connectivity index (χ3v) is 6.28. The Morgan fingerprint density at radius 2 is 1.87 bits per heavy atom. The minimum atomic E-state index is -3.76. The van der Waals surface area contributed by atoms with Gasteiger partial charge in [0.25, 0.3) is 5.91 Å². The van der Waals surface area contributed by atoms with E-state index < -0.39 is 16.1 Å². The monoisotopic (exact) mass is 442 g/mol. The van der Waals surface area contributed by atoms with Crippen LogP contribution in [0.5, 0.6) is 5.75 Å². The maximum atomic E-state index is 12.4. The third kappa shape index (κ3) is 4.47. The number of hydrogen-bond acceptors (Lipinski definition) is 6. The number of amides is 1. The molecule has 8 nitrogen and oxygen atoms in total. The van der Waals surface area contributed by atoms with Crippen molar-refractivity contribution in [1.29, 1.82) is 0 Å². The van der Waals surface area contributed by atoms with Gasteiger partial charge in [-0.1, -0.05) is 12.1 Å². The molecule has 4 rings (SSSR count). The number of carbonyl (C=O) groups is 1. The van der Waals surface area contributed by atoms with Gasteiger partial charge in [0.15, 0.2) is 6.10 Å². The van der Waals surface area contributed by atoms with Crippen molar-refractivity contribution in [2.75, 3.05) is 0 Å². The van der Waals surface area contributed by atoms with Crippen LogP contribution in [-0.2, 0) is 34.2 Å². The number of rotatable bonds is 6. The number of fused-ring (bicyclic) bond motifs is 3. The normalized spacial score (nSPS) is 14.3. The quantitative estimate of drug-likeness (QED) is 0.562. The van der Waals surface area contributed by atoms with E-state index in [9.17, 15) is 18.0 Å². The Kier molecular flexibility index (Phi) is 5.55. The highest BCUT2D eigenvalue weighted by Crippen LogP contribution is 2.29. The van der Waals surface area contributed by atoms with E-state index in [0.29, 0.717) is 16.9 Å². The molecule has 162 valence electrons. The molecule has 3 aromatic rings. The van der Waals surface area contributed by atoms with Gasteiger partial charge >= 0.3 is 5.63 Å². The number of nitrogens with one attached hydrogen (secondary N) is 1. The number of primary sulfonamides is 1. The largest absolute Gasteiger partial charge is 0.481 e. The van der Waals surface area contributed by atoms with Crippen LogP contribution in [0, 0.1) is 0 Å². The molecule has 1 amide bonds. The molecule has 0 unspecified atom stereocenters.